The van der Waals surface area contributed by atoms with Crippen molar-refractivity contribution < 1.29 is 4.39 Å². The van der Waals surface area contributed by atoms with Gasteiger partial charge in [0.05, 0.1) is 5.88 Å². The van der Waals surface area contributed by atoms with Crippen LogP contribution < -0.4 is 0 Å². The predicted molar refractivity (Wildman–Crippen MR) is 54.9 cm³/mol. The molecule has 0 aliphatic carbocycles. The normalized spacial score (nSPS) is 10.4. The quantitative estimate of drug-likeness (QED) is 0.739. The molecule has 0 saturated heterocycles. The number of rotatable bonds is 2. The van der Waals surface area contributed by atoms with Gasteiger partial charge in [0.2, 0.25) is 0 Å². The smallest absolute Gasteiger partial charge is 0.147 e. The van der Waals surface area contributed by atoms with Crippen LogP contribution in [0.3, 0.4) is 0 Å². The van der Waals surface area contributed by atoms with Crippen molar-refractivity contribution in [3.63, 3.8) is 0 Å². The summed E-state index contributed by atoms with van der Waals surface area (Å²) < 4.78 is 12.9. The summed E-state index contributed by atoms with van der Waals surface area (Å²) in [4.78, 5) is 0. The van der Waals surface area contributed by atoms with Crippen molar-refractivity contribution >= 4 is 22.9 Å². The Labute approximate surface area is 89.4 Å². The number of nitrogens with zero attached hydrogens (tertiary/aromatic N) is 2. The Morgan fingerprint density at radius 2 is 2.21 bits per heavy atom. The second kappa shape index (κ2) is 4.02. The number of benzene rings is 1. The topological polar surface area (TPSA) is 25.8 Å². The summed E-state index contributed by atoms with van der Waals surface area (Å²) >= 11 is 6.97. The zero-order valence-electron chi connectivity index (χ0n) is 7.08. The highest BCUT2D eigenvalue weighted by Gasteiger charge is 2.05. The minimum absolute atomic E-state index is 0.273. The van der Waals surface area contributed by atoms with Crippen molar-refractivity contribution in [3.8, 4) is 10.6 Å². The molecule has 0 spiro atoms. The lowest BCUT2D eigenvalue weighted by atomic mass is 10.2. The Morgan fingerprint density at radius 3 is 2.86 bits per heavy atom. The first kappa shape index (κ1) is 9.55. The van der Waals surface area contributed by atoms with Gasteiger partial charge in [-0.1, -0.05) is 23.5 Å². The van der Waals surface area contributed by atoms with Crippen LogP contribution in [0, 0.1) is 5.82 Å². The molecule has 0 aliphatic heterocycles. The molecule has 1 aromatic carbocycles. The molecule has 1 heterocycles. The van der Waals surface area contributed by atoms with Gasteiger partial charge in [-0.3, -0.25) is 0 Å². The molecule has 2 aromatic rings. The van der Waals surface area contributed by atoms with Crippen LogP contribution in [0.4, 0.5) is 4.39 Å². The molecule has 0 saturated carbocycles. The van der Waals surface area contributed by atoms with E-state index in [9.17, 15) is 4.39 Å². The molecule has 0 aliphatic rings. The van der Waals surface area contributed by atoms with Crippen molar-refractivity contribution in [1.29, 1.82) is 0 Å². The molecule has 0 amide bonds. The molecule has 2 rings (SSSR count). The van der Waals surface area contributed by atoms with E-state index in [1.165, 1.54) is 23.5 Å². The third kappa shape index (κ3) is 1.91. The molecule has 0 atom stereocenters. The minimum Gasteiger partial charge on any atom is -0.207 e. The third-order valence-electron chi connectivity index (χ3n) is 1.65. The van der Waals surface area contributed by atoms with Crippen LogP contribution in [0.1, 0.15) is 5.01 Å². The van der Waals surface area contributed by atoms with Gasteiger partial charge in [0, 0.05) is 5.56 Å². The Hall–Kier alpha value is -1.000. The van der Waals surface area contributed by atoms with Crippen LogP contribution in [-0.2, 0) is 5.88 Å². The summed E-state index contributed by atoms with van der Waals surface area (Å²) in [7, 11) is 0. The van der Waals surface area contributed by atoms with E-state index in [2.05, 4.69) is 10.2 Å². The maximum Gasteiger partial charge on any atom is 0.147 e. The van der Waals surface area contributed by atoms with Gasteiger partial charge in [-0.15, -0.1) is 21.8 Å². The molecular weight excluding hydrogens is 223 g/mol. The second-order valence-corrected chi connectivity index (χ2v) is 3.97. The largest absolute Gasteiger partial charge is 0.207 e. The van der Waals surface area contributed by atoms with Crippen LogP contribution in [0.15, 0.2) is 24.3 Å². The average Bonchev–Trinajstić information content (AvgIpc) is 2.66. The summed E-state index contributed by atoms with van der Waals surface area (Å²) in [5.41, 5.74) is 0.735. The molecule has 2 nitrogen and oxygen atoms in total. The van der Waals surface area contributed by atoms with Crippen molar-refractivity contribution in [1.82, 2.24) is 10.2 Å². The van der Waals surface area contributed by atoms with Gasteiger partial charge >= 0.3 is 0 Å². The Balaban J connectivity index is 2.39. The number of hydrogen-bond acceptors (Lipinski definition) is 3. The van der Waals surface area contributed by atoms with Crippen LogP contribution in [0.2, 0.25) is 0 Å². The van der Waals surface area contributed by atoms with Gasteiger partial charge in [-0.2, -0.15) is 0 Å². The maximum atomic E-state index is 12.9. The number of hydrogen-bond donors (Lipinski definition) is 0. The Kier molecular flexibility index (Phi) is 2.74. The van der Waals surface area contributed by atoms with E-state index in [4.69, 9.17) is 11.6 Å². The van der Waals surface area contributed by atoms with Crippen LogP contribution >= 0.6 is 22.9 Å². The molecule has 0 radical (unpaired) electrons. The SMILES string of the molecule is Fc1cccc(-c2nnc(CCl)s2)c1. The van der Waals surface area contributed by atoms with Gasteiger partial charge in [-0.05, 0) is 12.1 Å². The minimum atomic E-state index is -0.273. The van der Waals surface area contributed by atoms with E-state index < -0.39 is 0 Å². The molecule has 5 heteroatoms. The van der Waals surface area contributed by atoms with Gasteiger partial charge in [0.1, 0.15) is 15.8 Å². The number of aromatic nitrogens is 2. The van der Waals surface area contributed by atoms with E-state index >= 15 is 0 Å². The summed E-state index contributed by atoms with van der Waals surface area (Å²) in [5.74, 6) is 0.0672. The molecule has 1 aromatic heterocycles. The highest BCUT2D eigenvalue weighted by molar-refractivity contribution is 7.14. The first-order valence-electron chi connectivity index (χ1n) is 3.94. The highest BCUT2D eigenvalue weighted by atomic mass is 35.5. The molecule has 0 fully saturated rings. The molecule has 14 heavy (non-hydrogen) atoms. The molecular formula is C9H6ClFN2S. The summed E-state index contributed by atoms with van der Waals surface area (Å²) in [5, 5.41) is 9.21. The summed E-state index contributed by atoms with van der Waals surface area (Å²) in [6.45, 7) is 0. The number of halogens is 2. The van der Waals surface area contributed by atoms with E-state index in [-0.39, 0.29) is 5.82 Å². The first-order chi connectivity index (χ1) is 6.79. The lowest BCUT2D eigenvalue weighted by Crippen LogP contribution is -1.78. The predicted octanol–water partition coefficient (Wildman–Crippen LogP) is 3.08. The molecule has 0 N–H and O–H groups in total. The fourth-order valence-electron chi connectivity index (χ4n) is 1.05. The van der Waals surface area contributed by atoms with Gasteiger partial charge in [-0.25, -0.2) is 4.39 Å². The maximum absolute atomic E-state index is 12.9. The lowest BCUT2D eigenvalue weighted by Gasteiger charge is -1.93. The molecule has 0 unspecified atom stereocenters. The van der Waals surface area contributed by atoms with Gasteiger partial charge < -0.3 is 0 Å². The second-order valence-electron chi connectivity index (χ2n) is 2.64. The Bertz CT molecular complexity index is 444. The monoisotopic (exact) mass is 228 g/mol. The fraction of sp³-hybridized carbons (Fsp3) is 0.111. The lowest BCUT2D eigenvalue weighted by molar-refractivity contribution is 0.628. The van der Waals surface area contributed by atoms with Crippen molar-refractivity contribution in [2.24, 2.45) is 0 Å². The van der Waals surface area contributed by atoms with Crippen LogP contribution in [-0.4, -0.2) is 10.2 Å². The molecule has 0 bridgehead atoms. The van der Waals surface area contributed by atoms with E-state index in [0.29, 0.717) is 10.9 Å². The first-order valence-corrected chi connectivity index (χ1v) is 5.29. The van der Waals surface area contributed by atoms with E-state index in [1.54, 1.807) is 12.1 Å². The standard InChI is InChI=1S/C9H6ClFN2S/c10-5-8-12-13-9(14-8)6-2-1-3-7(11)4-6/h1-4H,5H2. The summed E-state index contributed by atoms with van der Waals surface area (Å²) in [6, 6.07) is 6.26. The van der Waals surface area contributed by atoms with E-state index in [0.717, 1.165) is 10.6 Å². The third-order valence-corrected chi connectivity index (χ3v) is 3.04. The van der Waals surface area contributed by atoms with Crippen molar-refractivity contribution in [2.45, 2.75) is 5.88 Å². The van der Waals surface area contributed by atoms with Crippen LogP contribution in [0.5, 0.6) is 0 Å². The summed E-state index contributed by atoms with van der Waals surface area (Å²) in [6.07, 6.45) is 0. The van der Waals surface area contributed by atoms with Crippen LogP contribution in [0.25, 0.3) is 10.6 Å². The highest BCUT2D eigenvalue weighted by Crippen LogP contribution is 2.24. The zero-order chi connectivity index (χ0) is 9.97. The zero-order valence-corrected chi connectivity index (χ0v) is 8.65. The average molecular weight is 229 g/mol. The van der Waals surface area contributed by atoms with Gasteiger partial charge in [0.25, 0.3) is 0 Å². The van der Waals surface area contributed by atoms with E-state index in [1.807, 2.05) is 0 Å². The van der Waals surface area contributed by atoms with Crippen molar-refractivity contribution in [3.05, 3.63) is 35.1 Å². The fourth-order valence-corrected chi connectivity index (χ4v) is 1.95. The van der Waals surface area contributed by atoms with Gasteiger partial charge in [0.15, 0.2) is 0 Å². The van der Waals surface area contributed by atoms with Crippen molar-refractivity contribution in [2.75, 3.05) is 0 Å². The number of alkyl halides is 1. The Morgan fingerprint density at radius 1 is 1.36 bits per heavy atom. The molecule has 72 valence electrons.